The molecule has 0 aliphatic heterocycles. The molecule has 1 amide bonds. The molecule has 7 nitrogen and oxygen atoms in total. The van der Waals surface area contributed by atoms with Crippen molar-refractivity contribution in [1.29, 1.82) is 0 Å². The molecule has 178 valence electrons. The van der Waals surface area contributed by atoms with E-state index in [1.807, 2.05) is 6.07 Å². The van der Waals surface area contributed by atoms with Gasteiger partial charge in [-0.25, -0.2) is 4.79 Å². The van der Waals surface area contributed by atoms with Crippen molar-refractivity contribution in [2.24, 2.45) is 16.1 Å². The second-order valence-electron chi connectivity index (χ2n) is 8.05. The van der Waals surface area contributed by atoms with Crippen LogP contribution in [0.15, 0.2) is 64.8 Å². The lowest BCUT2D eigenvalue weighted by atomic mass is 10.00. The lowest BCUT2D eigenvalue weighted by Crippen LogP contribution is -2.29. The number of carbonyl (C=O) groups is 2. The molecule has 0 aromatic heterocycles. The minimum atomic E-state index is -0.481. The van der Waals surface area contributed by atoms with Gasteiger partial charge in [0.1, 0.15) is 11.4 Å². The van der Waals surface area contributed by atoms with E-state index in [9.17, 15) is 14.7 Å². The van der Waals surface area contributed by atoms with Gasteiger partial charge in [0.25, 0.3) is 5.91 Å². The van der Waals surface area contributed by atoms with E-state index in [-0.39, 0.29) is 23.8 Å². The number of fused-ring (bicyclic) bond motifs is 1. The fraction of sp³-hybridized carbons (Fsp3) is 0.333. The van der Waals surface area contributed by atoms with E-state index in [0.29, 0.717) is 40.2 Å². The fourth-order valence-corrected chi connectivity index (χ4v) is 3.84. The Kier molecular flexibility index (Phi) is 8.73. The Morgan fingerprint density at radius 3 is 2.32 bits per heavy atom. The molecule has 0 aliphatic rings. The molecule has 0 saturated carbocycles. The van der Waals surface area contributed by atoms with Crippen LogP contribution in [0.5, 0.6) is 5.75 Å². The molecule has 1 atom stereocenters. The normalized spacial score (nSPS) is 12.1. The van der Waals surface area contributed by atoms with Crippen molar-refractivity contribution >= 4 is 34.0 Å². The molecule has 0 bridgehead atoms. The van der Waals surface area contributed by atoms with Crippen LogP contribution in [0.3, 0.4) is 0 Å². The van der Waals surface area contributed by atoms with Gasteiger partial charge in [-0.1, -0.05) is 63.1 Å². The van der Waals surface area contributed by atoms with Crippen molar-refractivity contribution < 1.29 is 19.4 Å². The van der Waals surface area contributed by atoms with Gasteiger partial charge in [-0.3, -0.25) is 4.79 Å². The summed E-state index contributed by atoms with van der Waals surface area (Å²) in [6, 6.07) is 15.5. The Hall–Kier alpha value is -3.74. The summed E-state index contributed by atoms with van der Waals surface area (Å²) in [5.74, 6) is -0.552. The van der Waals surface area contributed by atoms with Crippen LogP contribution in [0.25, 0.3) is 10.8 Å². The predicted octanol–water partition coefficient (Wildman–Crippen LogP) is 6.69. The van der Waals surface area contributed by atoms with Gasteiger partial charge in [-0.05, 0) is 37.5 Å². The third-order valence-electron chi connectivity index (χ3n) is 5.73. The number of hydrogen-bond donors (Lipinski definition) is 2. The highest BCUT2D eigenvalue weighted by Crippen LogP contribution is 2.37. The molecule has 34 heavy (non-hydrogen) atoms. The summed E-state index contributed by atoms with van der Waals surface area (Å²) >= 11 is 0. The third kappa shape index (κ3) is 5.78. The van der Waals surface area contributed by atoms with Crippen LogP contribution in [-0.4, -0.2) is 30.1 Å². The van der Waals surface area contributed by atoms with Crippen molar-refractivity contribution in [3.05, 3.63) is 65.7 Å². The van der Waals surface area contributed by atoms with Gasteiger partial charge in [0, 0.05) is 17.3 Å². The van der Waals surface area contributed by atoms with Crippen molar-refractivity contribution in [2.45, 2.75) is 40.0 Å². The molecular formula is C27H31N3O4. The summed E-state index contributed by atoms with van der Waals surface area (Å²) in [5.41, 5.74) is 1.21. The second kappa shape index (κ2) is 11.9. The number of hydrogen-bond acceptors (Lipinski definition) is 6. The summed E-state index contributed by atoms with van der Waals surface area (Å²) in [7, 11) is 0. The fourth-order valence-electron chi connectivity index (χ4n) is 3.84. The van der Waals surface area contributed by atoms with E-state index in [4.69, 9.17) is 4.74 Å². The SMILES string of the molecule is CCCC(CC)CNC(=O)c1cc(/N=N/c2ccccc2C(=O)OCC)c2ccccc2c1O. The smallest absolute Gasteiger partial charge is 0.340 e. The van der Waals surface area contributed by atoms with Gasteiger partial charge in [-0.15, -0.1) is 10.2 Å². The number of carbonyl (C=O) groups excluding carboxylic acids is 2. The average Bonchev–Trinajstić information content (AvgIpc) is 2.86. The molecule has 7 heteroatoms. The van der Waals surface area contributed by atoms with Crippen LogP contribution >= 0.6 is 0 Å². The number of nitrogens with zero attached hydrogens (tertiary/aromatic N) is 2. The summed E-state index contributed by atoms with van der Waals surface area (Å²) in [4.78, 5) is 25.2. The molecule has 0 aliphatic carbocycles. The van der Waals surface area contributed by atoms with Crippen molar-refractivity contribution in [1.82, 2.24) is 5.32 Å². The highest BCUT2D eigenvalue weighted by atomic mass is 16.5. The first-order valence-corrected chi connectivity index (χ1v) is 11.7. The Labute approximate surface area is 199 Å². The Balaban J connectivity index is 1.98. The number of aromatic hydroxyl groups is 1. The first kappa shape index (κ1) is 24.9. The summed E-state index contributed by atoms with van der Waals surface area (Å²) in [6.45, 7) is 6.76. The maximum absolute atomic E-state index is 13.0. The Bertz CT molecular complexity index is 1190. The molecule has 0 fully saturated rings. The Morgan fingerprint density at radius 2 is 1.62 bits per heavy atom. The molecule has 3 aromatic rings. The minimum Gasteiger partial charge on any atom is -0.506 e. The van der Waals surface area contributed by atoms with Crippen molar-refractivity contribution in [3.8, 4) is 5.75 Å². The number of benzene rings is 3. The van der Waals surface area contributed by atoms with E-state index in [2.05, 4.69) is 29.4 Å². The molecule has 1 unspecified atom stereocenters. The first-order chi connectivity index (χ1) is 16.5. The zero-order valence-electron chi connectivity index (χ0n) is 19.9. The number of esters is 1. The van der Waals surface area contributed by atoms with Gasteiger partial charge in [0.15, 0.2) is 0 Å². The van der Waals surface area contributed by atoms with Crippen LogP contribution in [0.1, 0.15) is 60.7 Å². The maximum Gasteiger partial charge on any atom is 0.340 e. The molecule has 0 radical (unpaired) electrons. The van der Waals surface area contributed by atoms with E-state index >= 15 is 0 Å². The molecule has 3 aromatic carbocycles. The monoisotopic (exact) mass is 461 g/mol. The molecule has 3 rings (SSSR count). The number of nitrogens with one attached hydrogen (secondary N) is 1. The van der Waals surface area contributed by atoms with E-state index in [1.54, 1.807) is 49.4 Å². The van der Waals surface area contributed by atoms with E-state index < -0.39 is 5.97 Å². The van der Waals surface area contributed by atoms with Crippen molar-refractivity contribution in [3.63, 3.8) is 0 Å². The highest BCUT2D eigenvalue weighted by molar-refractivity contribution is 6.07. The highest BCUT2D eigenvalue weighted by Gasteiger charge is 2.18. The number of rotatable bonds is 10. The number of amides is 1. The number of azo groups is 1. The van der Waals surface area contributed by atoms with Crippen LogP contribution in [0, 0.1) is 5.92 Å². The largest absolute Gasteiger partial charge is 0.506 e. The second-order valence-corrected chi connectivity index (χ2v) is 8.05. The van der Waals surface area contributed by atoms with Gasteiger partial charge >= 0.3 is 5.97 Å². The lowest BCUT2D eigenvalue weighted by Gasteiger charge is -2.16. The molecule has 0 heterocycles. The number of phenols is 1. The molecule has 0 saturated heterocycles. The predicted molar refractivity (Wildman–Crippen MR) is 133 cm³/mol. The summed E-state index contributed by atoms with van der Waals surface area (Å²) in [6.07, 6.45) is 3.05. The van der Waals surface area contributed by atoms with Crippen LogP contribution in [-0.2, 0) is 4.74 Å². The number of ether oxygens (including phenoxy) is 1. The lowest BCUT2D eigenvalue weighted by molar-refractivity contribution is 0.0527. The zero-order chi connectivity index (χ0) is 24.5. The quantitative estimate of drug-likeness (QED) is 0.259. The topological polar surface area (TPSA) is 100 Å². The van der Waals surface area contributed by atoms with Crippen molar-refractivity contribution in [2.75, 3.05) is 13.2 Å². The van der Waals surface area contributed by atoms with Gasteiger partial charge < -0.3 is 15.2 Å². The number of phenolic OH excluding ortho intramolecular Hbond substituents is 1. The average molecular weight is 462 g/mol. The third-order valence-corrected chi connectivity index (χ3v) is 5.73. The van der Waals surface area contributed by atoms with Gasteiger partial charge in [-0.2, -0.15) is 0 Å². The molecule has 2 N–H and O–H groups in total. The summed E-state index contributed by atoms with van der Waals surface area (Å²) in [5, 5.41) is 23.6. The van der Waals surface area contributed by atoms with Crippen LogP contribution < -0.4 is 5.32 Å². The van der Waals surface area contributed by atoms with Crippen LogP contribution in [0.2, 0.25) is 0 Å². The van der Waals surface area contributed by atoms with Gasteiger partial charge in [0.05, 0.1) is 23.4 Å². The summed E-state index contributed by atoms with van der Waals surface area (Å²) < 4.78 is 5.10. The first-order valence-electron chi connectivity index (χ1n) is 11.7. The Morgan fingerprint density at radius 1 is 0.941 bits per heavy atom. The van der Waals surface area contributed by atoms with Gasteiger partial charge in [0.2, 0.25) is 0 Å². The standard InChI is InChI=1S/C27H31N3O4/c1-4-11-18(5-2)17-28-26(32)22-16-24(19-12-7-8-13-20(19)25(22)31)30-29-23-15-10-9-14-21(23)27(33)34-6-3/h7-10,12-16,18,31H,4-6,11,17H2,1-3H3,(H,28,32)/b30-29+. The zero-order valence-corrected chi connectivity index (χ0v) is 19.9. The van der Waals surface area contributed by atoms with Crippen LogP contribution in [0.4, 0.5) is 11.4 Å². The molecule has 0 spiro atoms. The minimum absolute atomic E-state index is 0.0949. The molecular weight excluding hydrogens is 430 g/mol. The van der Waals surface area contributed by atoms with E-state index in [0.717, 1.165) is 19.3 Å². The maximum atomic E-state index is 13.0. The van der Waals surface area contributed by atoms with E-state index in [1.165, 1.54) is 6.07 Å².